The molecule has 0 aliphatic carbocycles. The Balaban J connectivity index is 0.000000867. The normalized spacial score (nSPS) is 20.0. The summed E-state index contributed by atoms with van der Waals surface area (Å²) in [6.07, 6.45) is -0.0130. The van der Waals surface area contributed by atoms with Crippen LogP contribution in [-0.2, 0) is 42.1 Å². The van der Waals surface area contributed by atoms with E-state index in [1.54, 1.807) is 119 Å². The number of carbonyl (C=O) groups is 4. The second-order valence-electron chi connectivity index (χ2n) is 13.1. The number of carbonyl (C=O) groups excluding carboxylic acids is 4. The third kappa shape index (κ3) is 14.9. The summed E-state index contributed by atoms with van der Waals surface area (Å²) in [6.45, 7) is 1.49. The molecule has 5 atom stereocenters. The van der Waals surface area contributed by atoms with Crippen LogP contribution in [0.5, 0.6) is 0 Å². The summed E-state index contributed by atoms with van der Waals surface area (Å²) in [5, 5.41) is 0. The molecule has 314 valence electrons. The van der Waals surface area contributed by atoms with Crippen molar-refractivity contribution in [3.05, 3.63) is 156 Å². The van der Waals surface area contributed by atoms with E-state index in [1.165, 1.54) is 11.8 Å². The monoisotopic (exact) mass is 866 g/mol. The fourth-order valence-corrected chi connectivity index (χ4v) is 6.63. The van der Waals surface area contributed by atoms with E-state index in [-0.39, 0.29) is 29.8 Å². The molecule has 0 bridgehead atoms. The molecule has 4 aromatic carbocycles. The molecule has 1 saturated heterocycles. The Morgan fingerprint density at radius 3 is 1.56 bits per heavy atom. The summed E-state index contributed by atoms with van der Waals surface area (Å²) >= 11 is 1.23. The van der Waals surface area contributed by atoms with Gasteiger partial charge < -0.3 is 23.7 Å². The van der Waals surface area contributed by atoms with Gasteiger partial charge in [-0.3, -0.25) is 0 Å². The van der Waals surface area contributed by atoms with Crippen LogP contribution in [0.15, 0.2) is 139 Å². The quantitative estimate of drug-likeness (QED) is 0.0396. The summed E-state index contributed by atoms with van der Waals surface area (Å²) < 4.78 is 93.3. The molecule has 19 heteroatoms. The van der Waals surface area contributed by atoms with Crippen molar-refractivity contribution in [1.82, 2.24) is 4.57 Å². The molecule has 0 N–H and O–H groups in total. The molecule has 59 heavy (non-hydrogen) atoms. The van der Waals surface area contributed by atoms with Crippen molar-refractivity contribution in [2.24, 2.45) is 7.05 Å². The Kier molecular flexibility index (Phi) is 13.6. The van der Waals surface area contributed by atoms with Gasteiger partial charge >= 0.3 is 56.9 Å². The van der Waals surface area contributed by atoms with Crippen LogP contribution in [0.25, 0.3) is 0 Å². The number of esters is 4. The number of hydrogen-bond acceptors (Lipinski definition) is 10. The molecule has 5 aromatic rings. The Morgan fingerprint density at radius 2 is 1.12 bits per heavy atom. The van der Waals surface area contributed by atoms with Crippen LogP contribution in [0.1, 0.15) is 36.6 Å². The van der Waals surface area contributed by atoms with Gasteiger partial charge in [-0.15, -0.1) is 0 Å². The van der Waals surface area contributed by atoms with E-state index in [0.29, 0.717) is 0 Å². The van der Waals surface area contributed by atoms with Gasteiger partial charge in [-0.05, 0) is 55.5 Å². The van der Waals surface area contributed by atoms with E-state index in [4.69, 9.17) is 23.7 Å². The first-order chi connectivity index (χ1) is 27.7. The third-order valence-electron chi connectivity index (χ3n) is 8.17. The maximum absolute atomic E-state index is 13.8. The van der Waals surface area contributed by atoms with Gasteiger partial charge in [0.25, 0.3) is 0 Å². The van der Waals surface area contributed by atoms with Gasteiger partial charge in [-0.1, -0.05) is 84.1 Å². The molecule has 1 aliphatic heterocycles. The Hall–Kier alpha value is -5.71. The second kappa shape index (κ2) is 18.1. The number of thioether (sulfide) groups is 1. The summed E-state index contributed by atoms with van der Waals surface area (Å²) in [7, 11) is -8.83. The van der Waals surface area contributed by atoms with Crippen molar-refractivity contribution < 1.29 is 72.6 Å². The molecule has 2 heterocycles. The zero-order valence-electron chi connectivity index (χ0n) is 31.2. The topological polar surface area (TPSA) is 123 Å². The first-order valence-corrected chi connectivity index (χ1v) is 20.5. The Bertz CT molecular complexity index is 2210. The van der Waals surface area contributed by atoms with E-state index in [2.05, 4.69) is 0 Å². The summed E-state index contributed by atoms with van der Waals surface area (Å²) in [5.41, 5.74) is 0.719. The predicted octanol–water partition coefficient (Wildman–Crippen LogP) is 8.74. The Labute approximate surface area is 338 Å². The van der Waals surface area contributed by atoms with Gasteiger partial charge in [0, 0.05) is 4.90 Å². The molecule has 1 aliphatic rings. The average Bonchev–Trinajstić information content (AvgIpc) is 3.60. The van der Waals surface area contributed by atoms with Crippen LogP contribution in [0.4, 0.5) is 25.2 Å². The van der Waals surface area contributed by atoms with E-state index in [0.717, 1.165) is 10.5 Å². The van der Waals surface area contributed by atoms with Crippen molar-refractivity contribution in [3.63, 3.8) is 0 Å². The van der Waals surface area contributed by atoms with Crippen molar-refractivity contribution in [2.45, 2.75) is 48.2 Å². The van der Waals surface area contributed by atoms with Crippen LogP contribution in [-0.4, -0.2) is 64.9 Å². The minimum absolute atomic E-state index is 0.0900. The van der Waals surface area contributed by atoms with Gasteiger partial charge in [0.05, 0.1) is 23.7 Å². The first-order valence-electron chi connectivity index (χ1n) is 17.6. The number of aryl methyl sites for hydroxylation is 2. The van der Waals surface area contributed by atoms with Crippen molar-refractivity contribution in [1.29, 1.82) is 0 Å². The molecule has 0 saturated carbocycles. The maximum atomic E-state index is 13.8. The number of imidazole rings is 1. The Morgan fingerprint density at radius 1 is 0.678 bits per heavy atom. The molecule has 5 unspecified atom stereocenters. The van der Waals surface area contributed by atoms with Crippen LogP contribution < -0.4 is 4.57 Å². The molecule has 1 fully saturated rings. The summed E-state index contributed by atoms with van der Waals surface area (Å²) in [6, 6.07) is 32.5. The van der Waals surface area contributed by atoms with E-state index in [9.17, 15) is 44.4 Å². The van der Waals surface area contributed by atoms with Gasteiger partial charge in [0.15, 0.2) is 24.9 Å². The second-order valence-corrected chi connectivity index (χ2v) is 16.2. The number of ether oxygens (including phenoxy) is 5. The molecular formula is C40H37F6N2O9PS. The number of benzene rings is 4. The van der Waals surface area contributed by atoms with Crippen molar-refractivity contribution >= 4 is 43.4 Å². The predicted molar refractivity (Wildman–Crippen MR) is 203 cm³/mol. The van der Waals surface area contributed by atoms with Crippen molar-refractivity contribution in [2.75, 3.05) is 6.61 Å². The number of halogens is 6. The van der Waals surface area contributed by atoms with Gasteiger partial charge in [0.1, 0.15) is 30.5 Å². The standard InChI is InChI=1S/C40H37N2O9S.F6P/c1-27-18-20-31(21-19-27)52-40-36(51-39(46)30-16-10-5-11-17-30)35(50-38(45)29-14-8-4-9-15-29)34(49-37(44)28-12-6-3-7-13-28)32(48-40)25-47-33(43)24-42-23-22-41(2)26-42;1-7(2,3,4,5)6/h3-23,26,32,34-36,40H,24-25H2,1-2H3;/q+1;-1. The van der Waals surface area contributed by atoms with E-state index < -0.39 is 61.5 Å². The molecule has 0 spiro atoms. The fraction of sp³-hybridized carbons (Fsp3) is 0.225. The number of rotatable bonds is 12. The summed E-state index contributed by atoms with van der Waals surface area (Å²) in [4.78, 5) is 54.9. The van der Waals surface area contributed by atoms with Crippen LogP contribution in [0.2, 0.25) is 0 Å². The molecule has 1 aromatic heterocycles. The van der Waals surface area contributed by atoms with E-state index >= 15 is 0 Å². The van der Waals surface area contributed by atoms with Crippen LogP contribution in [0.3, 0.4) is 0 Å². The van der Waals surface area contributed by atoms with Gasteiger partial charge in [-0.2, -0.15) is 0 Å². The van der Waals surface area contributed by atoms with Crippen LogP contribution in [0, 0.1) is 6.92 Å². The molecule has 11 nitrogen and oxygen atoms in total. The van der Waals surface area contributed by atoms with Crippen molar-refractivity contribution in [3.8, 4) is 0 Å². The minimum atomic E-state index is -10.7. The molecule has 0 amide bonds. The molecule has 6 rings (SSSR count). The molecule has 0 radical (unpaired) electrons. The SMILES string of the molecule is Cc1ccc(SC2OC(COC(=O)Cn3cc[n+](C)c3)C(OC(=O)c3ccccc3)C(OC(=O)c3ccccc3)C2OC(=O)c2ccccc2)cc1.F[P-](F)(F)(F)(F)F. The fourth-order valence-electron chi connectivity index (χ4n) is 5.52. The molecular weight excluding hydrogens is 829 g/mol. The zero-order chi connectivity index (χ0) is 42.9. The first kappa shape index (κ1) is 44.4. The van der Waals surface area contributed by atoms with Gasteiger partial charge in [-0.25, -0.2) is 28.3 Å². The van der Waals surface area contributed by atoms with Crippen LogP contribution >= 0.6 is 19.6 Å². The third-order valence-corrected chi connectivity index (χ3v) is 9.32. The number of aromatic nitrogens is 2. The van der Waals surface area contributed by atoms with E-state index in [1.807, 2.05) is 38.2 Å². The summed E-state index contributed by atoms with van der Waals surface area (Å²) in [5.74, 6) is -2.78. The number of hydrogen-bond donors (Lipinski definition) is 0. The number of nitrogens with zero attached hydrogens (tertiary/aromatic N) is 2. The van der Waals surface area contributed by atoms with Gasteiger partial charge in [0.2, 0.25) is 6.33 Å². The zero-order valence-corrected chi connectivity index (χ0v) is 32.9. The average molecular weight is 867 g/mol.